The van der Waals surface area contributed by atoms with Gasteiger partial charge in [-0.2, -0.15) is 0 Å². The summed E-state index contributed by atoms with van der Waals surface area (Å²) >= 11 is 0. The number of rotatable bonds is 2. The van der Waals surface area contributed by atoms with Crippen LogP contribution in [0.1, 0.15) is 25.0 Å². The molecule has 0 amide bonds. The molecule has 2 fully saturated rings. The molecule has 0 bridgehead atoms. The number of ether oxygens (including phenoxy) is 1. The highest BCUT2D eigenvalue weighted by Gasteiger charge is 2.36. The largest absolute Gasteiger partial charge is 0.374 e. The average molecular weight is 233 g/mol. The first-order chi connectivity index (χ1) is 8.38. The zero-order valence-corrected chi connectivity index (χ0v) is 10.0. The van der Waals surface area contributed by atoms with Crippen LogP contribution < -0.4 is 10.6 Å². The Kier molecular flexibility index (Phi) is 2.99. The third-order valence-electron chi connectivity index (χ3n) is 3.78. The van der Waals surface area contributed by atoms with Crippen molar-refractivity contribution in [3.05, 3.63) is 23.9 Å². The fourth-order valence-electron chi connectivity index (χ4n) is 2.95. The van der Waals surface area contributed by atoms with Crippen LogP contribution in [0.2, 0.25) is 0 Å². The number of pyridine rings is 1. The predicted molar refractivity (Wildman–Crippen MR) is 66.9 cm³/mol. The molecule has 2 N–H and O–H groups in total. The van der Waals surface area contributed by atoms with Crippen LogP contribution in [0.15, 0.2) is 18.2 Å². The Morgan fingerprint density at radius 2 is 2.35 bits per heavy atom. The highest BCUT2D eigenvalue weighted by atomic mass is 16.5. The Morgan fingerprint density at radius 1 is 1.41 bits per heavy atom. The molecule has 1 aliphatic heterocycles. The summed E-state index contributed by atoms with van der Waals surface area (Å²) in [6.45, 7) is 2.27. The van der Waals surface area contributed by atoms with Crippen molar-refractivity contribution in [3.8, 4) is 0 Å². The third-order valence-corrected chi connectivity index (χ3v) is 3.78. The van der Waals surface area contributed by atoms with Gasteiger partial charge >= 0.3 is 0 Å². The van der Waals surface area contributed by atoms with Crippen molar-refractivity contribution in [3.63, 3.8) is 0 Å². The number of fused-ring (bicyclic) bond motifs is 1. The molecular formula is C13H19N3O. The van der Waals surface area contributed by atoms with Gasteiger partial charge in [0.05, 0.1) is 24.4 Å². The standard InChI is InChI=1S/C13H19N3O/c14-9-10-3-1-6-13(15-10)16-7-8-17-12-5-2-4-11(12)16/h1,3,6,11-12H,2,4-5,7-9,14H2. The minimum atomic E-state index is 0.409. The minimum absolute atomic E-state index is 0.409. The van der Waals surface area contributed by atoms with Gasteiger partial charge in [0.2, 0.25) is 0 Å². The Labute approximate surface area is 102 Å². The number of morpholine rings is 1. The summed E-state index contributed by atoms with van der Waals surface area (Å²) in [4.78, 5) is 7.02. The van der Waals surface area contributed by atoms with Crippen molar-refractivity contribution in [1.29, 1.82) is 0 Å². The van der Waals surface area contributed by atoms with Crippen LogP contribution >= 0.6 is 0 Å². The fourth-order valence-corrected chi connectivity index (χ4v) is 2.95. The van der Waals surface area contributed by atoms with E-state index in [2.05, 4.69) is 16.0 Å². The monoisotopic (exact) mass is 233 g/mol. The van der Waals surface area contributed by atoms with Gasteiger partial charge in [-0.3, -0.25) is 0 Å². The molecular weight excluding hydrogens is 214 g/mol. The van der Waals surface area contributed by atoms with E-state index < -0.39 is 0 Å². The lowest BCUT2D eigenvalue weighted by atomic mass is 10.1. The number of hydrogen-bond acceptors (Lipinski definition) is 4. The average Bonchev–Trinajstić information content (AvgIpc) is 2.87. The van der Waals surface area contributed by atoms with Crippen LogP contribution in [0.25, 0.3) is 0 Å². The lowest BCUT2D eigenvalue weighted by Gasteiger charge is -2.38. The van der Waals surface area contributed by atoms with E-state index in [1.807, 2.05) is 12.1 Å². The van der Waals surface area contributed by atoms with Crippen LogP contribution in [0.4, 0.5) is 5.82 Å². The number of aromatic nitrogens is 1. The van der Waals surface area contributed by atoms with Crippen molar-refractivity contribution >= 4 is 5.82 Å². The molecule has 0 aromatic carbocycles. The van der Waals surface area contributed by atoms with Crippen molar-refractivity contribution in [2.24, 2.45) is 5.73 Å². The van der Waals surface area contributed by atoms with Gasteiger partial charge in [-0.05, 0) is 31.4 Å². The molecule has 4 nitrogen and oxygen atoms in total. The predicted octanol–water partition coefficient (Wildman–Crippen LogP) is 1.30. The smallest absolute Gasteiger partial charge is 0.129 e. The van der Waals surface area contributed by atoms with Gasteiger partial charge in [-0.15, -0.1) is 0 Å². The summed E-state index contributed by atoms with van der Waals surface area (Å²) in [5.74, 6) is 1.06. The van der Waals surface area contributed by atoms with Gasteiger partial charge in [0.1, 0.15) is 5.82 Å². The molecule has 1 aliphatic carbocycles. The highest BCUT2D eigenvalue weighted by molar-refractivity contribution is 5.42. The molecule has 1 aromatic heterocycles. The van der Waals surface area contributed by atoms with E-state index in [1.165, 1.54) is 19.3 Å². The van der Waals surface area contributed by atoms with Gasteiger partial charge < -0.3 is 15.4 Å². The van der Waals surface area contributed by atoms with E-state index in [4.69, 9.17) is 10.5 Å². The zero-order chi connectivity index (χ0) is 11.7. The van der Waals surface area contributed by atoms with Crippen molar-refractivity contribution < 1.29 is 4.74 Å². The molecule has 3 rings (SSSR count). The van der Waals surface area contributed by atoms with Crippen molar-refractivity contribution in [2.45, 2.75) is 38.0 Å². The maximum absolute atomic E-state index is 5.82. The quantitative estimate of drug-likeness (QED) is 0.836. The van der Waals surface area contributed by atoms with Crippen LogP contribution in [0, 0.1) is 0 Å². The van der Waals surface area contributed by atoms with E-state index in [1.54, 1.807) is 0 Å². The highest BCUT2D eigenvalue weighted by Crippen LogP contribution is 2.32. The maximum atomic E-state index is 5.82. The summed E-state index contributed by atoms with van der Waals surface area (Å²) in [6, 6.07) is 6.63. The number of nitrogens with zero attached hydrogens (tertiary/aromatic N) is 2. The molecule has 2 aliphatic rings. The van der Waals surface area contributed by atoms with Gasteiger partial charge in [0, 0.05) is 13.1 Å². The van der Waals surface area contributed by atoms with Crippen LogP contribution in [-0.4, -0.2) is 30.3 Å². The SMILES string of the molecule is NCc1cccc(N2CCOC3CCCC32)n1. The van der Waals surface area contributed by atoms with Gasteiger partial charge in [0.15, 0.2) is 0 Å². The Hall–Kier alpha value is -1.13. The summed E-state index contributed by atoms with van der Waals surface area (Å²) in [7, 11) is 0. The second-order valence-electron chi connectivity index (χ2n) is 4.79. The molecule has 0 spiro atoms. The molecule has 92 valence electrons. The van der Waals surface area contributed by atoms with Crippen LogP contribution in [0.3, 0.4) is 0 Å². The van der Waals surface area contributed by atoms with Gasteiger partial charge in [0.25, 0.3) is 0 Å². The summed E-state index contributed by atoms with van der Waals surface area (Å²) in [5, 5.41) is 0. The third kappa shape index (κ3) is 2.03. The second kappa shape index (κ2) is 4.63. The first-order valence-corrected chi connectivity index (χ1v) is 6.43. The van der Waals surface area contributed by atoms with Gasteiger partial charge in [-0.1, -0.05) is 6.07 Å². The van der Waals surface area contributed by atoms with E-state index in [0.29, 0.717) is 18.7 Å². The second-order valence-corrected chi connectivity index (χ2v) is 4.79. The summed E-state index contributed by atoms with van der Waals surface area (Å²) in [5.41, 5.74) is 6.61. The number of nitrogens with two attached hydrogens (primary N) is 1. The summed E-state index contributed by atoms with van der Waals surface area (Å²) < 4.78 is 5.82. The number of anilines is 1. The molecule has 0 radical (unpaired) electrons. The lowest BCUT2D eigenvalue weighted by Crippen LogP contribution is -2.49. The summed E-state index contributed by atoms with van der Waals surface area (Å²) in [6.07, 6.45) is 4.09. The van der Waals surface area contributed by atoms with E-state index >= 15 is 0 Å². The van der Waals surface area contributed by atoms with Crippen molar-refractivity contribution in [1.82, 2.24) is 4.98 Å². The van der Waals surface area contributed by atoms with Crippen molar-refractivity contribution in [2.75, 3.05) is 18.1 Å². The molecule has 4 heteroatoms. The molecule has 2 unspecified atom stereocenters. The molecule has 1 saturated carbocycles. The maximum Gasteiger partial charge on any atom is 0.129 e. The fraction of sp³-hybridized carbons (Fsp3) is 0.615. The Bertz CT molecular complexity index is 396. The zero-order valence-electron chi connectivity index (χ0n) is 10.0. The molecule has 1 aromatic rings. The molecule has 2 atom stereocenters. The normalized spacial score (nSPS) is 28.2. The van der Waals surface area contributed by atoms with Crippen LogP contribution in [0.5, 0.6) is 0 Å². The number of hydrogen-bond donors (Lipinski definition) is 1. The Morgan fingerprint density at radius 3 is 3.24 bits per heavy atom. The minimum Gasteiger partial charge on any atom is -0.374 e. The first-order valence-electron chi connectivity index (χ1n) is 6.43. The van der Waals surface area contributed by atoms with E-state index in [0.717, 1.165) is 24.7 Å². The van der Waals surface area contributed by atoms with Gasteiger partial charge in [-0.25, -0.2) is 4.98 Å². The van der Waals surface area contributed by atoms with Crippen LogP contribution in [-0.2, 0) is 11.3 Å². The first kappa shape index (κ1) is 11.0. The Balaban J connectivity index is 1.86. The molecule has 2 heterocycles. The lowest BCUT2D eigenvalue weighted by molar-refractivity contribution is 0.0253. The van der Waals surface area contributed by atoms with E-state index in [9.17, 15) is 0 Å². The topological polar surface area (TPSA) is 51.4 Å². The molecule has 1 saturated heterocycles. The van der Waals surface area contributed by atoms with E-state index in [-0.39, 0.29) is 0 Å². The molecule has 17 heavy (non-hydrogen) atoms.